The molecule has 6 nitrogen and oxygen atoms in total. The van der Waals surface area contributed by atoms with Gasteiger partial charge in [0.1, 0.15) is 22.8 Å². The number of allylic oxidation sites excluding steroid dienone is 4. The number of phenolic OH excluding ortho intramolecular Hbond substituents is 3. The fourth-order valence-corrected chi connectivity index (χ4v) is 4.01. The van der Waals surface area contributed by atoms with Gasteiger partial charge in [0.2, 0.25) is 0 Å². The van der Waals surface area contributed by atoms with Gasteiger partial charge in [-0.3, -0.25) is 9.59 Å². The zero-order valence-corrected chi connectivity index (χ0v) is 16.3. The molecule has 0 amide bonds. The zero-order chi connectivity index (χ0) is 21.3. The van der Waals surface area contributed by atoms with Crippen molar-refractivity contribution in [1.29, 1.82) is 0 Å². The van der Waals surface area contributed by atoms with Crippen LogP contribution in [0, 0.1) is 0 Å². The normalized spacial score (nSPS) is 17.8. The molecular formula is C24H22O6. The van der Waals surface area contributed by atoms with E-state index in [2.05, 4.69) is 12.2 Å². The van der Waals surface area contributed by atoms with Crippen LogP contribution in [0.4, 0.5) is 0 Å². The molecule has 0 aromatic heterocycles. The number of benzene rings is 2. The highest BCUT2D eigenvalue weighted by Crippen LogP contribution is 2.49. The Kier molecular flexibility index (Phi) is 5.31. The summed E-state index contributed by atoms with van der Waals surface area (Å²) in [7, 11) is 0. The Balaban J connectivity index is 1.72. The first kappa shape index (κ1) is 19.8. The van der Waals surface area contributed by atoms with Crippen LogP contribution in [0.1, 0.15) is 59.5 Å². The molecule has 2 aromatic rings. The molecule has 0 saturated carbocycles. The van der Waals surface area contributed by atoms with E-state index < -0.39 is 17.6 Å². The van der Waals surface area contributed by atoms with Crippen molar-refractivity contribution in [2.24, 2.45) is 0 Å². The third-order valence-electron chi connectivity index (χ3n) is 5.50. The molecule has 1 aliphatic carbocycles. The maximum absolute atomic E-state index is 13.0. The molecule has 30 heavy (non-hydrogen) atoms. The van der Waals surface area contributed by atoms with Gasteiger partial charge < -0.3 is 20.1 Å². The molecule has 2 aromatic carbocycles. The number of ketones is 1. The van der Waals surface area contributed by atoms with E-state index in [4.69, 9.17) is 4.74 Å². The van der Waals surface area contributed by atoms with Crippen molar-refractivity contribution in [3.05, 3.63) is 70.8 Å². The molecule has 2 aliphatic rings. The van der Waals surface area contributed by atoms with Crippen molar-refractivity contribution >= 4 is 11.8 Å². The van der Waals surface area contributed by atoms with E-state index in [9.17, 15) is 24.9 Å². The van der Waals surface area contributed by atoms with Gasteiger partial charge in [-0.2, -0.15) is 0 Å². The van der Waals surface area contributed by atoms with Crippen molar-refractivity contribution in [3.63, 3.8) is 0 Å². The average molecular weight is 406 g/mol. The van der Waals surface area contributed by atoms with Crippen molar-refractivity contribution in [1.82, 2.24) is 0 Å². The number of phenols is 3. The standard InChI is InChI=1S/C24H22O6/c25-16-9-7-15(8-10-16)17-12-21(29)30-24-22(17)19(27)13-20(28)23(24)18(26)11-6-14-4-2-1-3-5-14/h2,4-5,7-10,13,17,25,27-28H,1,3,6,11-12H2. The first-order valence-electron chi connectivity index (χ1n) is 9.91. The van der Waals surface area contributed by atoms with Gasteiger partial charge in [-0.1, -0.05) is 35.9 Å². The summed E-state index contributed by atoms with van der Waals surface area (Å²) in [6.07, 6.45) is 8.68. The molecule has 1 heterocycles. The maximum Gasteiger partial charge on any atom is 0.312 e. The van der Waals surface area contributed by atoms with Gasteiger partial charge in [0.05, 0.1) is 6.42 Å². The van der Waals surface area contributed by atoms with Crippen LogP contribution in [0.15, 0.2) is 54.1 Å². The summed E-state index contributed by atoms with van der Waals surface area (Å²) in [5, 5.41) is 30.5. The van der Waals surface area contributed by atoms with Gasteiger partial charge in [0.25, 0.3) is 0 Å². The van der Waals surface area contributed by atoms with Crippen LogP contribution in [0.5, 0.6) is 23.0 Å². The van der Waals surface area contributed by atoms with E-state index in [0.29, 0.717) is 17.5 Å². The van der Waals surface area contributed by atoms with E-state index in [1.807, 2.05) is 6.08 Å². The highest BCUT2D eigenvalue weighted by molar-refractivity contribution is 6.03. The van der Waals surface area contributed by atoms with Crippen molar-refractivity contribution in [2.75, 3.05) is 0 Å². The SMILES string of the molecule is O=C1CC(c2ccc(O)cc2)c2c(O)cc(O)c(C(=O)CCC3=CCCC=C3)c2O1. The average Bonchev–Trinajstić information content (AvgIpc) is 2.72. The van der Waals surface area contributed by atoms with Crippen LogP contribution in [0.25, 0.3) is 0 Å². The Morgan fingerprint density at radius 3 is 2.53 bits per heavy atom. The first-order chi connectivity index (χ1) is 14.4. The number of carbonyl (C=O) groups excluding carboxylic acids is 2. The second kappa shape index (κ2) is 8.06. The van der Waals surface area contributed by atoms with E-state index >= 15 is 0 Å². The predicted molar refractivity (Wildman–Crippen MR) is 110 cm³/mol. The van der Waals surface area contributed by atoms with Crippen molar-refractivity contribution in [3.8, 4) is 23.0 Å². The Hall–Kier alpha value is -3.54. The lowest BCUT2D eigenvalue weighted by Gasteiger charge is -2.27. The van der Waals surface area contributed by atoms with Crippen LogP contribution in [0.2, 0.25) is 0 Å². The lowest BCUT2D eigenvalue weighted by atomic mass is 9.83. The van der Waals surface area contributed by atoms with E-state index in [1.165, 1.54) is 12.1 Å². The molecule has 0 radical (unpaired) electrons. The number of carbonyl (C=O) groups is 2. The molecule has 1 unspecified atom stereocenters. The Labute approximate surface area is 173 Å². The lowest BCUT2D eigenvalue weighted by Crippen LogP contribution is -2.23. The van der Waals surface area contributed by atoms with Gasteiger partial charge in [-0.25, -0.2) is 0 Å². The Morgan fingerprint density at radius 1 is 1.07 bits per heavy atom. The molecule has 0 saturated heterocycles. The van der Waals surface area contributed by atoms with Crippen molar-refractivity contribution < 1.29 is 29.6 Å². The third kappa shape index (κ3) is 3.81. The third-order valence-corrected chi connectivity index (χ3v) is 5.50. The van der Waals surface area contributed by atoms with Gasteiger partial charge in [0, 0.05) is 24.0 Å². The number of fused-ring (bicyclic) bond motifs is 1. The van der Waals surface area contributed by atoms with Gasteiger partial charge in [-0.15, -0.1) is 0 Å². The van der Waals surface area contributed by atoms with Crippen LogP contribution in [-0.2, 0) is 4.79 Å². The molecule has 0 spiro atoms. The summed E-state index contributed by atoms with van der Waals surface area (Å²) in [5.74, 6) is -2.14. The Morgan fingerprint density at radius 2 is 1.83 bits per heavy atom. The number of rotatable bonds is 5. The Bertz CT molecular complexity index is 1060. The fourth-order valence-electron chi connectivity index (χ4n) is 4.01. The predicted octanol–water partition coefficient (Wildman–Crippen LogP) is 4.48. The molecule has 1 aliphatic heterocycles. The first-order valence-corrected chi connectivity index (χ1v) is 9.91. The largest absolute Gasteiger partial charge is 0.508 e. The molecule has 6 heteroatoms. The molecule has 3 N–H and O–H groups in total. The van der Waals surface area contributed by atoms with Crippen LogP contribution in [-0.4, -0.2) is 27.1 Å². The fraction of sp³-hybridized carbons (Fsp3) is 0.250. The summed E-state index contributed by atoms with van der Waals surface area (Å²) in [6.45, 7) is 0. The summed E-state index contributed by atoms with van der Waals surface area (Å²) in [4.78, 5) is 25.3. The molecule has 154 valence electrons. The highest BCUT2D eigenvalue weighted by atomic mass is 16.5. The molecular weight excluding hydrogens is 384 g/mol. The van der Waals surface area contributed by atoms with Gasteiger partial charge in [0.15, 0.2) is 11.5 Å². The topological polar surface area (TPSA) is 104 Å². The summed E-state index contributed by atoms with van der Waals surface area (Å²) < 4.78 is 5.36. The molecule has 1 atom stereocenters. The number of aromatic hydroxyl groups is 3. The monoisotopic (exact) mass is 406 g/mol. The summed E-state index contributed by atoms with van der Waals surface area (Å²) >= 11 is 0. The molecule has 4 rings (SSSR count). The number of hydrogen-bond acceptors (Lipinski definition) is 6. The minimum atomic E-state index is -0.558. The van der Waals surface area contributed by atoms with Crippen LogP contribution < -0.4 is 4.74 Å². The van der Waals surface area contributed by atoms with E-state index in [1.54, 1.807) is 12.1 Å². The smallest absolute Gasteiger partial charge is 0.312 e. The second-order valence-electron chi connectivity index (χ2n) is 7.54. The molecule has 0 fully saturated rings. The second-order valence-corrected chi connectivity index (χ2v) is 7.54. The minimum Gasteiger partial charge on any atom is -0.508 e. The molecule has 0 bridgehead atoms. The number of esters is 1. The number of ether oxygens (including phenoxy) is 1. The summed E-state index contributed by atoms with van der Waals surface area (Å²) in [5.41, 5.74) is 1.95. The van der Waals surface area contributed by atoms with Crippen LogP contribution >= 0.6 is 0 Å². The summed E-state index contributed by atoms with van der Waals surface area (Å²) in [6, 6.07) is 7.41. The maximum atomic E-state index is 13.0. The zero-order valence-electron chi connectivity index (χ0n) is 16.3. The minimum absolute atomic E-state index is 0.0264. The highest BCUT2D eigenvalue weighted by Gasteiger charge is 2.36. The van der Waals surface area contributed by atoms with Gasteiger partial charge >= 0.3 is 5.97 Å². The van der Waals surface area contributed by atoms with Gasteiger partial charge in [-0.05, 0) is 37.0 Å². The van der Waals surface area contributed by atoms with E-state index in [-0.39, 0.29) is 41.4 Å². The number of hydrogen-bond donors (Lipinski definition) is 3. The van der Waals surface area contributed by atoms with Crippen LogP contribution in [0.3, 0.4) is 0 Å². The lowest BCUT2D eigenvalue weighted by molar-refractivity contribution is -0.135. The van der Waals surface area contributed by atoms with E-state index in [0.717, 1.165) is 24.5 Å². The van der Waals surface area contributed by atoms with Crippen molar-refractivity contribution in [2.45, 2.75) is 38.0 Å². The quantitative estimate of drug-likeness (QED) is 0.384. The number of Topliss-reactive ketones (excluding diaryl/α,β-unsaturated/α-hetero) is 1.